The highest BCUT2D eigenvalue weighted by molar-refractivity contribution is 5.94. The van der Waals surface area contributed by atoms with Gasteiger partial charge in [0, 0.05) is 43.5 Å². The number of ether oxygens (including phenoxy) is 2. The number of nitrogens with one attached hydrogen (secondary N) is 1. The quantitative estimate of drug-likeness (QED) is 0.526. The predicted molar refractivity (Wildman–Crippen MR) is 121 cm³/mol. The summed E-state index contributed by atoms with van der Waals surface area (Å²) in [4.78, 5) is 38.7. The fraction of sp³-hybridized carbons (Fsp3) is 0.640. The average molecular weight is 445 g/mol. The first-order chi connectivity index (χ1) is 15.5. The minimum atomic E-state index is -0.289. The SMILES string of the molecule is CCCC[C@H](CC(=O)OCC)NC(=O)c1ccc(OC2CCN(C(=O)C3CC3)CC2)cc1. The van der Waals surface area contributed by atoms with E-state index in [1.807, 2.05) is 17.0 Å². The second-order valence-electron chi connectivity index (χ2n) is 8.76. The molecule has 1 N–H and O–H groups in total. The highest BCUT2D eigenvalue weighted by Crippen LogP contribution is 2.32. The number of benzene rings is 1. The van der Waals surface area contributed by atoms with Crippen LogP contribution >= 0.6 is 0 Å². The highest BCUT2D eigenvalue weighted by atomic mass is 16.5. The minimum absolute atomic E-state index is 0.0842. The lowest BCUT2D eigenvalue weighted by molar-refractivity contribution is -0.143. The van der Waals surface area contributed by atoms with E-state index in [9.17, 15) is 14.4 Å². The van der Waals surface area contributed by atoms with Gasteiger partial charge in [0.1, 0.15) is 11.9 Å². The molecule has 2 fully saturated rings. The topological polar surface area (TPSA) is 84.9 Å². The molecule has 7 heteroatoms. The Hall–Kier alpha value is -2.57. The summed E-state index contributed by atoms with van der Waals surface area (Å²) < 4.78 is 11.1. The van der Waals surface area contributed by atoms with E-state index < -0.39 is 0 Å². The Morgan fingerprint density at radius 3 is 2.34 bits per heavy atom. The van der Waals surface area contributed by atoms with Crippen molar-refractivity contribution in [2.24, 2.45) is 5.92 Å². The normalized spacial score (nSPS) is 17.5. The summed E-state index contributed by atoms with van der Waals surface area (Å²) in [5.41, 5.74) is 0.535. The molecular formula is C25H36N2O5. The van der Waals surface area contributed by atoms with Gasteiger partial charge in [-0.25, -0.2) is 0 Å². The molecule has 3 rings (SSSR count). The summed E-state index contributed by atoms with van der Waals surface area (Å²) in [5.74, 6) is 0.808. The zero-order chi connectivity index (χ0) is 22.9. The Morgan fingerprint density at radius 1 is 1.06 bits per heavy atom. The van der Waals surface area contributed by atoms with Crippen molar-refractivity contribution in [1.29, 1.82) is 0 Å². The number of nitrogens with zero attached hydrogens (tertiary/aromatic N) is 1. The van der Waals surface area contributed by atoms with Gasteiger partial charge < -0.3 is 19.7 Å². The maximum absolute atomic E-state index is 12.7. The van der Waals surface area contributed by atoms with E-state index in [1.54, 1.807) is 19.1 Å². The molecule has 0 bridgehead atoms. The summed E-state index contributed by atoms with van der Waals surface area (Å²) in [6, 6.07) is 6.88. The van der Waals surface area contributed by atoms with Crippen LogP contribution in [0.3, 0.4) is 0 Å². The number of hydrogen-bond donors (Lipinski definition) is 1. The maximum atomic E-state index is 12.7. The van der Waals surface area contributed by atoms with Crippen LogP contribution in [0, 0.1) is 5.92 Å². The first-order valence-corrected chi connectivity index (χ1v) is 12.0. The number of carbonyl (C=O) groups is 3. The van der Waals surface area contributed by atoms with Crippen molar-refractivity contribution in [2.75, 3.05) is 19.7 Å². The van der Waals surface area contributed by atoms with E-state index in [1.165, 1.54) is 0 Å². The lowest BCUT2D eigenvalue weighted by atomic mass is 10.1. The van der Waals surface area contributed by atoms with Gasteiger partial charge in [-0.1, -0.05) is 19.8 Å². The maximum Gasteiger partial charge on any atom is 0.307 e. The molecule has 32 heavy (non-hydrogen) atoms. The fourth-order valence-electron chi connectivity index (χ4n) is 4.03. The Balaban J connectivity index is 1.47. The molecule has 7 nitrogen and oxygen atoms in total. The Labute approximate surface area is 190 Å². The number of amides is 2. The van der Waals surface area contributed by atoms with E-state index in [0.29, 0.717) is 18.1 Å². The smallest absolute Gasteiger partial charge is 0.307 e. The van der Waals surface area contributed by atoms with Crippen LogP contribution in [0.2, 0.25) is 0 Å². The molecule has 1 saturated heterocycles. The number of unbranched alkanes of at least 4 members (excludes halogenated alkanes) is 1. The van der Waals surface area contributed by atoms with Gasteiger partial charge in [-0.05, 0) is 50.5 Å². The molecule has 1 aliphatic heterocycles. The minimum Gasteiger partial charge on any atom is -0.490 e. The van der Waals surface area contributed by atoms with Crippen LogP contribution in [-0.2, 0) is 14.3 Å². The second kappa shape index (κ2) is 11.9. The van der Waals surface area contributed by atoms with E-state index in [-0.39, 0.29) is 36.4 Å². The average Bonchev–Trinajstić information content (AvgIpc) is 3.63. The first kappa shape index (κ1) is 24.1. The Bertz CT molecular complexity index is 767. The summed E-state index contributed by atoms with van der Waals surface area (Å²) in [7, 11) is 0. The van der Waals surface area contributed by atoms with Crippen molar-refractivity contribution in [1.82, 2.24) is 10.2 Å². The van der Waals surface area contributed by atoms with E-state index in [0.717, 1.165) is 63.8 Å². The zero-order valence-electron chi connectivity index (χ0n) is 19.3. The molecule has 0 aromatic heterocycles. The summed E-state index contributed by atoms with van der Waals surface area (Å²) in [6.07, 6.45) is 6.67. The van der Waals surface area contributed by atoms with Gasteiger partial charge in [-0.15, -0.1) is 0 Å². The van der Waals surface area contributed by atoms with Crippen LogP contribution in [0.5, 0.6) is 5.75 Å². The lowest BCUT2D eigenvalue weighted by Gasteiger charge is -2.32. The van der Waals surface area contributed by atoms with Crippen LogP contribution in [0.15, 0.2) is 24.3 Å². The molecule has 1 aromatic carbocycles. The van der Waals surface area contributed by atoms with Gasteiger partial charge in [0.25, 0.3) is 5.91 Å². The zero-order valence-corrected chi connectivity index (χ0v) is 19.3. The van der Waals surface area contributed by atoms with E-state index in [4.69, 9.17) is 9.47 Å². The summed E-state index contributed by atoms with van der Waals surface area (Å²) >= 11 is 0. The van der Waals surface area contributed by atoms with Crippen molar-refractivity contribution in [3.63, 3.8) is 0 Å². The molecule has 0 spiro atoms. The van der Waals surface area contributed by atoms with Crippen LogP contribution in [-0.4, -0.2) is 54.5 Å². The number of piperidine rings is 1. The molecule has 1 heterocycles. The van der Waals surface area contributed by atoms with Gasteiger partial charge in [0.05, 0.1) is 13.0 Å². The van der Waals surface area contributed by atoms with Crippen molar-refractivity contribution in [2.45, 2.75) is 77.4 Å². The van der Waals surface area contributed by atoms with Gasteiger partial charge in [-0.2, -0.15) is 0 Å². The van der Waals surface area contributed by atoms with Crippen LogP contribution in [0.1, 0.15) is 75.6 Å². The van der Waals surface area contributed by atoms with Crippen LogP contribution in [0.25, 0.3) is 0 Å². The van der Waals surface area contributed by atoms with Crippen LogP contribution in [0.4, 0.5) is 0 Å². The fourth-order valence-corrected chi connectivity index (χ4v) is 4.03. The molecule has 2 amide bonds. The number of carbonyl (C=O) groups excluding carboxylic acids is 3. The van der Waals surface area contributed by atoms with Crippen molar-refractivity contribution in [3.8, 4) is 5.75 Å². The summed E-state index contributed by atoms with van der Waals surface area (Å²) in [5, 5.41) is 2.97. The molecule has 0 unspecified atom stereocenters. The molecule has 1 saturated carbocycles. The molecular weight excluding hydrogens is 408 g/mol. The monoisotopic (exact) mass is 444 g/mol. The van der Waals surface area contributed by atoms with Crippen molar-refractivity contribution >= 4 is 17.8 Å². The predicted octanol–water partition coefficient (Wildman–Crippen LogP) is 3.71. The van der Waals surface area contributed by atoms with Gasteiger partial charge in [0.2, 0.25) is 5.91 Å². The third-order valence-electron chi connectivity index (χ3n) is 6.06. The standard InChI is InChI=1S/C25H36N2O5/c1-3-5-6-20(17-23(28)31-4-2)26-24(29)18-9-11-21(12-10-18)32-22-13-15-27(16-14-22)25(30)19-7-8-19/h9-12,19-20,22H,3-8,13-17H2,1-2H3,(H,26,29)/t20-/m1/s1. The van der Waals surface area contributed by atoms with Gasteiger partial charge in [0.15, 0.2) is 0 Å². The highest BCUT2D eigenvalue weighted by Gasteiger charge is 2.35. The number of likely N-dealkylation sites (tertiary alicyclic amines) is 1. The largest absolute Gasteiger partial charge is 0.490 e. The Morgan fingerprint density at radius 2 is 1.75 bits per heavy atom. The molecule has 176 valence electrons. The summed E-state index contributed by atoms with van der Waals surface area (Å²) in [6.45, 7) is 5.69. The second-order valence-corrected chi connectivity index (χ2v) is 8.76. The van der Waals surface area contributed by atoms with Crippen LogP contribution < -0.4 is 10.1 Å². The van der Waals surface area contributed by atoms with E-state index in [2.05, 4.69) is 12.2 Å². The molecule has 1 aliphatic carbocycles. The number of esters is 1. The third kappa shape index (κ3) is 7.24. The van der Waals surface area contributed by atoms with Crippen molar-refractivity contribution in [3.05, 3.63) is 29.8 Å². The van der Waals surface area contributed by atoms with Gasteiger partial charge >= 0.3 is 5.97 Å². The lowest BCUT2D eigenvalue weighted by Crippen LogP contribution is -2.42. The third-order valence-corrected chi connectivity index (χ3v) is 6.06. The van der Waals surface area contributed by atoms with Crippen molar-refractivity contribution < 1.29 is 23.9 Å². The molecule has 1 atom stereocenters. The number of hydrogen-bond acceptors (Lipinski definition) is 5. The number of rotatable bonds is 11. The molecule has 0 radical (unpaired) electrons. The molecule has 2 aliphatic rings. The Kier molecular flexibility index (Phi) is 8.94. The van der Waals surface area contributed by atoms with E-state index >= 15 is 0 Å². The first-order valence-electron chi connectivity index (χ1n) is 12.0. The van der Waals surface area contributed by atoms with Gasteiger partial charge in [-0.3, -0.25) is 14.4 Å². The molecule has 1 aromatic rings.